The lowest BCUT2D eigenvalue weighted by Crippen LogP contribution is -2.47. The van der Waals surface area contributed by atoms with Crippen LogP contribution in [0.4, 0.5) is 4.39 Å². The van der Waals surface area contributed by atoms with E-state index < -0.39 is 0 Å². The van der Waals surface area contributed by atoms with E-state index >= 15 is 0 Å². The van der Waals surface area contributed by atoms with Gasteiger partial charge in [0.15, 0.2) is 5.82 Å². The molecule has 0 bridgehead atoms. The van der Waals surface area contributed by atoms with E-state index in [1.165, 1.54) is 50.7 Å². The summed E-state index contributed by atoms with van der Waals surface area (Å²) in [5.74, 6) is 0.373. The summed E-state index contributed by atoms with van der Waals surface area (Å²) < 4.78 is 15.3. The third kappa shape index (κ3) is 4.70. The van der Waals surface area contributed by atoms with Gasteiger partial charge in [-0.25, -0.2) is 9.07 Å². The lowest BCUT2D eigenvalue weighted by Gasteiger charge is -2.47. The fourth-order valence-electron chi connectivity index (χ4n) is 6.56. The molecule has 2 fully saturated rings. The Kier molecular flexibility index (Phi) is 6.36. The topological polar surface area (TPSA) is 79.7 Å². The van der Waals surface area contributed by atoms with Crippen molar-refractivity contribution >= 4 is 10.9 Å². The van der Waals surface area contributed by atoms with E-state index in [2.05, 4.69) is 25.4 Å². The molecule has 1 atom stereocenters. The van der Waals surface area contributed by atoms with Crippen molar-refractivity contribution in [3.63, 3.8) is 0 Å². The summed E-state index contributed by atoms with van der Waals surface area (Å²) in [6, 6.07) is 14.1. The maximum Gasteiger partial charge on any atom is 0.253 e. The van der Waals surface area contributed by atoms with Crippen LogP contribution in [0.25, 0.3) is 10.9 Å². The quantitative estimate of drug-likeness (QED) is 0.410. The second kappa shape index (κ2) is 9.82. The van der Waals surface area contributed by atoms with Crippen LogP contribution in [0.3, 0.4) is 0 Å². The van der Waals surface area contributed by atoms with E-state index in [1.807, 2.05) is 31.2 Å². The normalized spacial score (nSPS) is 18.9. The molecule has 2 aromatic carbocycles. The van der Waals surface area contributed by atoms with E-state index in [0.717, 1.165) is 41.5 Å². The first-order valence-corrected chi connectivity index (χ1v) is 13.4. The van der Waals surface area contributed by atoms with Gasteiger partial charge in [0.05, 0.1) is 12.1 Å². The molecule has 2 aromatic heterocycles. The number of hydrogen-bond donors (Lipinski definition) is 1. The number of aromatic nitrogens is 5. The summed E-state index contributed by atoms with van der Waals surface area (Å²) >= 11 is 0. The fraction of sp³-hybridized carbons (Fsp3) is 0.448. The van der Waals surface area contributed by atoms with E-state index in [1.54, 1.807) is 16.8 Å². The first-order chi connectivity index (χ1) is 18.0. The Balaban J connectivity index is 1.45. The van der Waals surface area contributed by atoms with E-state index in [9.17, 15) is 9.18 Å². The molecule has 1 saturated carbocycles. The number of fused-ring (bicyclic) bond motifs is 1. The van der Waals surface area contributed by atoms with Crippen LogP contribution >= 0.6 is 0 Å². The summed E-state index contributed by atoms with van der Waals surface area (Å²) in [4.78, 5) is 19.2. The van der Waals surface area contributed by atoms with Gasteiger partial charge in [-0.15, -0.1) is 5.10 Å². The standard InChI is InChI=1S/C29H33FN6O/c1-20-7-5-8-22-17-24(28(37)31-25(20)22)26(35-16-6-15-29(19-35)13-3-2-4-14-29)27-32-33-34-36(27)18-21-9-11-23(30)12-10-21/h5,7-12,17,26H,2-4,6,13-16,18-19H2,1H3,(H,31,37)/t26-/m1/s1. The highest BCUT2D eigenvalue weighted by molar-refractivity contribution is 5.82. The number of piperidine rings is 1. The Bertz CT molecular complexity index is 1450. The zero-order chi connectivity index (χ0) is 25.4. The molecule has 1 saturated heterocycles. The van der Waals surface area contributed by atoms with E-state index in [0.29, 0.717) is 23.3 Å². The highest BCUT2D eigenvalue weighted by Crippen LogP contribution is 2.45. The smallest absolute Gasteiger partial charge is 0.253 e. The van der Waals surface area contributed by atoms with Crippen molar-refractivity contribution in [2.75, 3.05) is 13.1 Å². The minimum Gasteiger partial charge on any atom is -0.321 e. The van der Waals surface area contributed by atoms with Crippen LogP contribution in [0, 0.1) is 18.2 Å². The number of halogens is 1. The number of benzene rings is 2. The molecule has 6 rings (SSSR count). The van der Waals surface area contributed by atoms with Gasteiger partial charge in [-0.2, -0.15) is 0 Å². The third-order valence-electron chi connectivity index (χ3n) is 8.43. The number of para-hydroxylation sites is 1. The molecule has 192 valence electrons. The summed E-state index contributed by atoms with van der Waals surface area (Å²) in [6.45, 7) is 4.24. The summed E-state index contributed by atoms with van der Waals surface area (Å²) in [7, 11) is 0. The zero-order valence-electron chi connectivity index (χ0n) is 21.3. The molecule has 1 N–H and O–H groups in total. The molecule has 2 aliphatic rings. The number of nitrogens with zero attached hydrogens (tertiary/aromatic N) is 5. The lowest BCUT2D eigenvalue weighted by atomic mass is 9.69. The molecule has 0 amide bonds. The SMILES string of the molecule is Cc1cccc2cc([C@H](c3nnnn3Cc3ccc(F)cc3)N3CCCC4(CCCCC4)C3)c(=O)[nH]c12. The van der Waals surface area contributed by atoms with Crippen molar-refractivity contribution in [2.45, 2.75) is 64.5 Å². The molecular weight excluding hydrogens is 467 g/mol. The highest BCUT2D eigenvalue weighted by Gasteiger charge is 2.41. The van der Waals surface area contributed by atoms with Gasteiger partial charge >= 0.3 is 0 Å². The zero-order valence-corrected chi connectivity index (χ0v) is 21.3. The Morgan fingerprint density at radius 1 is 1.05 bits per heavy atom. The minimum absolute atomic E-state index is 0.105. The highest BCUT2D eigenvalue weighted by atomic mass is 19.1. The van der Waals surface area contributed by atoms with Crippen LogP contribution in [0.1, 0.15) is 73.5 Å². The number of pyridine rings is 1. The monoisotopic (exact) mass is 500 g/mol. The number of H-pyrrole nitrogens is 1. The summed E-state index contributed by atoms with van der Waals surface area (Å²) in [5.41, 5.74) is 3.66. The first-order valence-electron chi connectivity index (χ1n) is 13.4. The molecule has 4 aromatic rings. The van der Waals surface area contributed by atoms with Gasteiger partial charge in [0, 0.05) is 12.1 Å². The average Bonchev–Trinajstić information content (AvgIpc) is 3.35. The van der Waals surface area contributed by atoms with Crippen LogP contribution in [0.5, 0.6) is 0 Å². The predicted octanol–water partition coefficient (Wildman–Crippen LogP) is 5.15. The largest absolute Gasteiger partial charge is 0.321 e. The van der Waals surface area contributed by atoms with Crippen LogP contribution in [-0.2, 0) is 6.54 Å². The molecule has 3 heterocycles. The van der Waals surface area contributed by atoms with Crippen molar-refractivity contribution in [2.24, 2.45) is 5.41 Å². The number of aromatic amines is 1. The Morgan fingerprint density at radius 2 is 1.84 bits per heavy atom. The van der Waals surface area contributed by atoms with Crippen molar-refractivity contribution in [3.05, 3.63) is 87.2 Å². The van der Waals surface area contributed by atoms with Crippen LogP contribution in [0.2, 0.25) is 0 Å². The van der Waals surface area contributed by atoms with Gasteiger partial charge in [-0.1, -0.05) is 49.6 Å². The van der Waals surface area contributed by atoms with Gasteiger partial charge in [0.2, 0.25) is 0 Å². The number of nitrogens with one attached hydrogen (secondary N) is 1. The number of hydrogen-bond acceptors (Lipinski definition) is 5. The molecule has 1 aliphatic heterocycles. The average molecular weight is 501 g/mol. The summed E-state index contributed by atoms with van der Waals surface area (Å²) in [5, 5.41) is 13.8. The van der Waals surface area contributed by atoms with Gasteiger partial charge < -0.3 is 4.98 Å². The number of rotatable bonds is 5. The molecule has 37 heavy (non-hydrogen) atoms. The van der Waals surface area contributed by atoms with Gasteiger partial charge in [0.1, 0.15) is 11.9 Å². The molecule has 0 radical (unpaired) electrons. The minimum atomic E-state index is -0.372. The third-order valence-corrected chi connectivity index (χ3v) is 8.43. The summed E-state index contributed by atoms with van der Waals surface area (Å²) in [6.07, 6.45) is 8.68. The lowest BCUT2D eigenvalue weighted by molar-refractivity contribution is 0.0340. The fourth-order valence-corrected chi connectivity index (χ4v) is 6.56. The van der Waals surface area contributed by atoms with Crippen molar-refractivity contribution in [1.82, 2.24) is 30.1 Å². The van der Waals surface area contributed by atoms with Crippen LogP contribution in [0.15, 0.2) is 53.3 Å². The molecule has 0 unspecified atom stereocenters. The van der Waals surface area contributed by atoms with Gasteiger partial charge in [-0.05, 0) is 89.7 Å². The predicted molar refractivity (Wildman–Crippen MR) is 141 cm³/mol. The van der Waals surface area contributed by atoms with Crippen molar-refractivity contribution in [1.29, 1.82) is 0 Å². The molecule has 1 aliphatic carbocycles. The second-order valence-corrected chi connectivity index (χ2v) is 11.0. The number of likely N-dealkylation sites (tertiary alicyclic amines) is 1. The van der Waals surface area contributed by atoms with E-state index in [4.69, 9.17) is 0 Å². The molecule has 8 heteroatoms. The van der Waals surface area contributed by atoms with E-state index in [-0.39, 0.29) is 17.4 Å². The maximum absolute atomic E-state index is 13.6. The molecular formula is C29H33FN6O. The molecule has 7 nitrogen and oxygen atoms in total. The maximum atomic E-state index is 13.6. The van der Waals surface area contributed by atoms with Crippen molar-refractivity contribution in [3.8, 4) is 0 Å². The number of tetrazole rings is 1. The molecule has 1 spiro atoms. The van der Waals surface area contributed by atoms with Crippen molar-refractivity contribution < 1.29 is 4.39 Å². The number of aryl methyl sites for hydroxylation is 1. The van der Waals surface area contributed by atoms with Crippen LogP contribution in [-0.4, -0.2) is 43.2 Å². The second-order valence-electron chi connectivity index (χ2n) is 11.0. The Morgan fingerprint density at radius 3 is 2.65 bits per heavy atom. The Labute approximate surface area is 215 Å². The van der Waals surface area contributed by atoms with Gasteiger partial charge in [0.25, 0.3) is 5.56 Å². The van der Waals surface area contributed by atoms with Gasteiger partial charge in [-0.3, -0.25) is 9.69 Å². The Hall–Kier alpha value is -3.39. The first kappa shape index (κ1) is 24.0. The van der Waals surface area contributed by atoms with Crippen LogP contribution < -0.4 is 5.56 Å².